The second kappa shape index (κ2) is 15.3. The normalized spacial score (nSPS) is 11.6. The van der Waals surface area contributed by atoms with Gasteiger partial charge in [-0.05, 0) is 61.5 Å². The third kappa shape index (κ3) is 8.42. The first-order chi connectivity index (χ1) is 21.3. The SMILES string of the molecule is COc1ccc(NC(=O)C(C)Sc2cccc(NC(=O)/C(=C\c3ccccc3OC)NC(=O)c3ccccc3)c2)c(OC)c1. The van der Waals surface area contributed by atoms with E-state index >= 15 is 0 Å². The molecule has 3 amide bonds. The number of ether oxygens (including phenoxy) is 3. The van der Waals surface area contributed by atoms with E-state index < -0.39 is 17.1 Å². The fraction of sp³-hybridized carbons (Fsp3) is 0.147. The van der Waals surface area contributed by atoms with E-state index in [1.165, 1.54) is 26.0 Å². The first-order valence-corrected chi connectivity index (χ1v) is 14.5. The summed E-state index contributed by atoms with van der Waals surface area (Å²) in [6.07, 6.45) is 1.56. The lowest BCUT2D eigenvalue weighted by atomic mass is 10.1. The molecule has 0 radical (unpaired) electrons. The van der Waals surface area contributed by atoms with E-state index in [9.17, 15) is 14.4 Å². The van der Waals surface area contributed by atoms with Gasteiger partial charge in [-0.1, -0.05) is 42.5 Å². The molecule has 44 heavy (non-hydrogen) atoms. The van der Waals surface area contributed by atoms with Crippen molar-refractivity contribution >= 4 is 46.9 Å². The van der Waals surface area contributed by atoms with Crippen LogP contribution >= 0.6 is 11.8 Å². The molecule has 0 aliphatic carbocycles. The molecule has 0 aliphatic heterocycles. The highest BCUT2D eigenvalue weighted by Gasteiger charge is 2.19. The molecule has 0 bridgehead atoms. The van der Waals surface area contributed by atoms with Crippen molar-refractivity contribution in [3.8, 4) is 17.2 Å². The number of hydrogen-bond donors (Lipinski definition) is 3. The second-order valence-corrected chi connectivity index (χ2v) is 10.8. The summed E-state index contributed by atoms with van der Waals surface area (Å²) in [6.45, 7) is 1.79. The van der Waals surface area contributed by atoms with Crippen LogP contribution in [0.15, 0.2) is 108 Å². The van der Waals surface area contributed by atoms with E-state index in [0.29, 0.717) is 39.8 Å². The standard InChI is InChI=1S/C34H33N3O6S/c1-22(32(38)36-28-18-17-26(41-2)21-31(28)43-4)44-27-15-10-14-25(20-27)35-34(40)29(19-24-13-8-9-16-30(24)42-3)37-33(39)23-11-6-5-7-12-23/h5-22H,1-4H3,(H,35,40)(H,36,38)(H,37,39)/b29-19+. The summed E-state index contributed by atoms with van der Waals surface area (Å²) in [5.74, 6) is 0.458. The van der Waals surface area contributed by atoms with Crippen molar-refractivity contribution in [2.24, 2.45) is 0 Å². The molecule has 226 valence electrons. The van der Waals surface area contributed by atoms with Crippen LogP contribution in [0.2, 0.25) is 0 Å². The van der Waals surface area contributed by atoms with Gasteiger partial charge in [0, 0.05) is 27.8 Å². The van der Waals surface area contributed by atoms with Crippen LogP contribution in [0.3, 0.4) is 0 Å². The molecule has 0 heterocycles. The van der Waals surface area contributed by atoms with Crippen LogP contribution in [-0.4, -0.2) is 44.3 Å². The zero-order valence-corrected chi connectivity index (χ0v) is 25.6. The number of benzene rings is 4. The number of rotatable bonds is 12. The quantitative estimate of drug-likeness (QED) is 0.128. The van der Waals surface area contributed by atoms with Crippen molar-refractivity contribution in [2.75, 3.05) is 32.0 Å². The Balaban J connectivity index is 1.49. The number of carbonyl (C=O) groups excluding carboxylic acids is 3. The van der Waals surface area contributed by atoms with Crippen LogP contribution < -0.4 is 30.2 Å². The summed E-state index contributed by atoms with van der Waals surface area (Å²) in [4.78, 5) is 40.2. The van der Waals surface area contributed by atoms with E-state index in [4.69, 9.17) is 14.2 Å². The lowest BCUT2D eigenvalue weighted by Crippen LogP contribution is -2.30. The molecule has 4 rings (SSSR count). The Morgan fingerprint density at radius 1 is 0.750 bits per heavy atom. The Hall–Kier alpha value is -5.22. The van der Waals surface area contributed by atoms with Crippen molar-refractivity contribution in [1.29, 1.82) is 0 Å². The predicted molar refractivity (Wildman–Crippen MR) is 173 cm³/mol. The number of carbonyl (C=O) groups is 3. The molecule has 10 heteroatoms. The van der Waals surface area contributed by atoms with Gasteiger partial charge in [-0.25, -0.2) is 0 Å². The minimum absolute atomic E-state index is 0.0302. The molecule has 0 aromatic heterocycles. The largest absolute Gasteiger partial charge is 0.497 e. The smallest absolute Gasteiger partial charge is 0.272 e. The predicted octanol–water partition coefficient (Wildman–Crippen LogP) is 6.24. The van der Waals surface area contributed by atoms with Crippen molar-refractivity contribution in [3.63, 3.8) is 0 Å². The molecule has 9 nitrogen and oxygen atoms in total. The van der Waals surface area contributed by atoms with Crippen LogP contribution in [0.5, 0.6) is 17.2 Å². The minimum atomic E-state index is -0.528. The maximum Gasteiger partial charge on any atom is 0.272 e. The molecule has 4 aromatic carbocycles. The minimum Gasteiger partial charge on any atom is -0.497 e. The molecular weight excluding hydrogens is 578 g/mol. The summed E-state index contributed by atoms with van der Waals surface area (Å²) in [7, 11) is 4.61. The van der Waals surface area contributed by atoms with E-state index in [1.54, 1.807) is 99.0 Å². The molecule has 1 atom stereocenters. The Bertz CT molecular complexity index is 1660. The summed E-state index contributed by atoms with van der Waals surface area (Å²) in [5, 5.41) is 8.01. The van der Waals surface area contributed by atoms with Gasteiger partial charge in [-0.2, -0.15) is 0 Å². The third-order valence-electron chi connectivity index (χ3n) is 6.41. The Morgan fingerprint density at radius 3 is 2.20 bits per heavy atom. The zero-order valence-electron chi connectivity index (χ0n) is 24.8. The number of nitrogens with one attached hydrogen (secondary N) is 3. The average Bonchev–Trinajstić information content (AvgIpc) is 3.05. The fourth-order valence-electron chi connectivity index (χ4n) is 4.12. The number of methoxy groups -OCH3 is 3. The van der Waals surface area contributed by atoms with E-state index in [-0.39, 0.29) is 11.6 Å². The second-order valence-electron chi connectivity index (χ2n) is 9.42. The van der Waals surface area contributed by atoms with Gasteiger partial charge in [0.1, 0.15) is 22.9 Å². The van der Waals surface area contributed by atoms with E-state index in [1.807, 2.05) is 18.2 Å². The number of anilines is 2. The first kappa shape index (κ1) is 31.7. The maximum absolute atomic E-state index is 13.5. The van der Waals surface area contributed by atoms with Crippen molar-refractivity contribution < 1.29 is 28.6 Å². The van der Waals surface area contributed by atoms with Gasteiger partial charge in [0.2, 0.25) is 5.91 Å². The number of para-hydroxylation sites is 1. The first-order valence-electron chi connectivity index (χ1n) is 13.6. The molecule has 0 saturated heterocycles. The van der Waals surface area contributed by atoms with Crippen LogP contribution in [0, 0.1) is 0 Å². The van der Waals surface area contributed by atoms with Crippen LogP contribution in [-0.2, 0) is 9.59 Å². The zero-order chi connectivity index (χ0) is 31.5. The van der Waals surface area contributed by atoms with Crippen molar-refractivity contribution in [3.05, 3.63) is 114 Å². The highest BCUT2D eigenvalue weighted by molar-refractivity contribution is 8.00. The van der Waals surface area contributed by atoms with Crippen molar-refractivity contribution in [1.82, 2.24) is 5.32 Å². The number of hydrogen-bond acceptors (Lipinski definition) is 7. The van der Waals surface area contributed by atoms with E-state index in [2.05, 4.69) is 16.0 Å². The Labute approximate surface area is 260 Å². The monoisotopic (exact) mass is 611 g/mol. The number of thioether (sulfide) groups is 1. The summed E-state index contributed by atoms with van der Waals surface area (Å²) < 4.78 is 16.0. The van der Waals surface area contributed by atoms with Gasteiger partial charge in [0.25, 0.3) is 11.8 Å². The van der Waals surface area contributed by atoms with Crippen molar-refractivity contribution in [2.45, 2.75) is 17.1 Å². The highest BCUT2D eigenvalue weighted by Crippen LogP contribution is 2.31. The molecule has 0 spiro atoms. The number of amides is 3. The van der Waals surface area contributed by atoms with Gasteiger partial charge in [0.05, 0.1) is 32.3 Å². The maximum atomic E-state index is 13.5. The van der Waals surface area contributed by atoms with Gasteiger partial charge >= 0.3 is 0 Å². The van der Waals surface area contributed by atoms with Crippen LogP contribution in [0.25, 0.3) is 6.08 Å². The molecule has 1 unspecified atom stereocenters. The Morgan fingerprint density at radius 2 is 1.48 bits per heavy atom. The van der Waals surface area contributed by atoms with Gasteiger partial charge < -0.3 is 30.2 Å². The van der Waals surface area contributed by atoms with Gasteiger partial charge in [0.15, 0.2) is 0 Å². The van der Waals surface area contributed by atoms with E-state index in [0.717, 1.165) is 4.90 Å². The lowest BCUT2D eigenvalue weighted by molar-refractivity contribution is -0.115. The molecular formula is C34H33N3O6S. The fourth-order valence-corrected chi connectivity index (χ4v) is 5.05. The van der Waals surface area contributed by atoms with Crippen LogP contribution in [0.1, 0.15) is 22.8 Å². The van der Waals surface area contributed by atoms with Crippen LogP contribution in [0.4, 0.5) is 11.4 Å². The Kier molecular flexibility index (Phi) is 11.0. The van der Waals surface area contributed by atoms with Gasteiger partial charge in [-0.3, -0.25) is 14.4 Å². The molecule has 0 aliphatic rings. The highest BCUT2D eigenvalue weighted by atomic mass is 32.2. The third-order valence-corrected chi connectivity index (χ3v) is 7.50. The molecule has 0 fully saturated rings. The molecule has 4 aromatic rings. The summed E-state index contributed by atoms with van der Waals surface area (Å²) in [5.41, 5.74) is 2.07. The summed E-state index contributed by atoms with van der Waals surface area (Å²) in [6, 6.07) is 28.1. The summed E-state index contributed by atoms with van der Waals surface area (Å²) >= 11 is 1.33. The molecule has 0 saturated carbocycles. The lowest BCUT2D eigenvalue weighted by Gasteiger charge is -2.16. The molecule has 3 N–H and O–H groups in total. The van der Waals surface area contributed by atoms with Gasteiger partial charge in [-0.15, -0.1) is 11.8 Å². The topological polar surface area (TPSA) is 115 Å². The average molecular weight is 612 g/mol.